The van der Waals surface area contributed by atoms with Gasteiger partial charge in [0.05, 0.1) is 12.2 Å². The predicted molar refractivity (Wildman–Crippen MR) is 85.2 cm³/mol. The van der Waals surface area contributed by atoms with Gasteiger partial charge in [-0.1, -0.05) is 32.9 Å². The smallest absolute Gasteiger partial charge is 0.338 e. The maximum Gasteiger partial charge on any atom is 0.338 e. The molecule has 1 aromatic carbocycles. The highest BCUT2D eigenvalue weighted by molar-refractivity contribution is 5.89. The molecule has 21 heavy (non-hydrogen) atoms. The summed E-state index contributed by atoms with van der Waals surface area (Å²) in [5, 5.41) is 0. The largest absolute Gasteiger partial charge is 0.462 e. The fourth-order valence-corrected chi connectivity index (χ4v) is 2.76. The second kappa shape index (κ2) is 7.60. The number of rotatable bonds is 5. The van der Waals surface area contributed by atoms with E-state index in [0.29, 0.717) is 18.1 Å². The van der Waals surface area contributed by atoms with Crippen LogP contribution in [0.25, 0.3) is 0 Å². The molecule has 0 amide bonds. The molecule has 0 spiro atoms. The molecule has 0 radical (unpaired) electrons. The summed E-state index contributed by atoms with van der Waals surface area (Å²) in [6, 6.07) is 7.85. The van der Waals surface area contributed by atoms with Crippen molar-refractivity contribution in [3.8, 4) is 0 Å². The first-order chi connectivity index (χ1) is 10.0. The zero-order valence-electron chi connectivity index (χ0n) is 13.5. The zero-order valence-corrected chi connectivity index (χ0v) is 13.5. The number of esters is 1. The monoisotopic (exact) mass is 289 g/mol. The Kier molecular flexibility index (Phi) is 5.80. The minimum atomic E-state index is -0.221. The molecule has 1 aliphatic heterocycles. The normalized spacial score (nSPS) is 19.7. The average molecular weight is 289 g/mol. The Morgan fingerprint density at radius 3 is 2.67 bits per heavy atom. The van der Waals surface area contributed by atoms with Crippen molar-refractivity contribution in [1.82, 2.24) is 4.90 Å². The minimum Gasteiger partial charge on any atom is -0.462 e. The minimum absolute atomic E-state index is 0.221. The van der Waals surface area contributed by atoms with Gasteiger partial charge in [-0.3, -0.25) is 4.90 Å². The average Bonchev–Trinajstić information content (AvgIpc) is 2.45. The van der Waals surface area contributed by atoms with Gasteiger partial charge in [0.15, 0.2) is 0 Å². The van der Waals surface area contributed by atoms with Gasteiger partial charge in [-0.2, -0.15) is 0 Å². The zero-order chi connectivity index (χ0) is 15.2. The van der Waals surface area contributed by atoms with Gasteiger partial charge in [-0.25, -0.2) is 4.79 Å². The van der Waals surface area contributed by atoms with Crippen LogP contribution in [0.15, 0.2) is 24.3 Å². The van der Waals surface area contributed by atoms with Crippen molar-refractivity contribution in [2.24, 2.45) is 11.8 Å². The summed E-state index contributed by atoms with van der Waals surface area (Å²) in [6.07, 6.45) is 2.64. The van der Waals surface area contributed by atoms with E-state index in [1.54, 1.807) is 0 Å². The fourth-order valence-electron chi connectivity index (χ4n) is 2.76. The second-order valence-corrected chi connectivity index (χ2v) is 6.67. The van der Waals surface area contributed by atoms with E-state index < -0.39 is 0 Å². The summed E-state index contributed by atoms with van der Waals surface area (Å²) in [7, 11) is 0. The van der Waals surface area contributed by atoms with Crippen LogP contribution >= 0.6 is 0 Å². The molecule has 0 aromatic heterocycles. The molecule has 1 unspecified atom stereocenters. The molecule has 0 N–H and O–H groups in total. The lowest BCUT2D eigenvalue weighted by Gasteiger charge is -2.30. The van der Waals surface area contributed by atoms with Gasteiger partial charge >= 0.3 is 5.97 Å². The summed E-state index contributed by atoms with van der Waals surface area (Å²) in [6.45, 7) is 10.2. The second-order valence-electron chi connectivity index (χ2n) is 6.67. The van der Waals surface area contributed by atoms with Gasteiger partial charge in [0.2, 0.25) is 0 Å². The molecule has 1 aromatic rings. The number of hydrogen-bond acceptors (Lipinski definition) is 3. The standard InChI is InChI=1S/C18H27NO2/c1-14(2)13-21-18(20)17-8-6-16(7-9-17)12-19-10-4-5-15(3)11-19/h6-9,14-15H,4-5,10-13H2,1-3H3. The van der Waals surface area contributed by atoms with Gasteiger partial charge in [-0.15, -0.1) is 0 Å². The Morgan fingerprint density at radius 2 is 2.05 bits per heavy atom. The summed E-state index contributed by atoms with van der Waals surface area (Å²) in [5.41, 5.74) is 1.91. The molecule has 3 nitrogen and oxygen atoms in total. The van der Waals surface area contributed by atoms with E-state index in [-0.39, 0.29) is 5.97 Å². The van der Waals surface area contributed by atoms with Crippen molar-refractivity contribution < 1.29 is 9.53 Å². The van der Waals surface area contributed by atoms with E-state index in [0.717, 1.165) is 12.5 Å². The van der Waals surface area contributed by atoms with E-state index in [1.165, 1.54) is 31.5 Å². The first kappa shape index (κ1) is 16.0. The maximum atomic E-state index is 11.9. The van der Waals surface area contributed by atoms with Crippen molar-refractivity contribution in [2.75, 3.05) is 19.7 Å². The molecule has 0 bridgehead atoms. The highest BCUT2D eigenvalue weighted by Gasteiger charge is 2.16. The predicted octanol–water partition coefficient (Wildman–Crippen LogP) is 3.73. The number of carbonyl (C=O) groups is 1. The summed E-state index contributed by atoms with van der Waals surface area (Å²) in [4.78, 5) is 14.4. The molecule has 0 aliphatic carbocycles. The van der Waals surface area contributed by atoms with Crippen molar-refractivity contribution in [3.63, 3.8) is 0 Å². The lowest BCUT2D eigenvalue weighted by molar-refractivity contribution is 0.0459. The molecule has 1 atom stereocenters. The van der Waals surface area contributed by atoms with Crippen molar-refractivity contribution in [1.29, 1.82) is 0 Å². The summed E-state index contributed by atoms with van der Waals surface area (Å²) < 4.78 is 5.24. The Bertz CT molecular complexity index is 453. The molecule has 0 saturated carbocycles. The van der Waals surface area contributed by atoms with E-state index in [2.05, 4.69) is 11.8 Å². The van der Waals surface area contributed by atoms with Gasteiger partial charge in [0, 0.05) is 13.1 Å². The molecule has 116 valence electrons. The Morgan fingerprint density at radius 1 is 1.33 bits per heavy atom. The van der Waals surface area contributed by atoms with Crippen molar-refractivity contribution in [3.05, 3.63) is 35.4 Å². The third-order valence-corrected chi connectivity index (χ3v) is 3.88. The Labute approximate surface area is 128 Å². The lowest BCUT2D eigenvalue weighted by atomic mass is 9.99. The van der Waals surface area contributed by atoms with Gasteiger partial charge in [0.25, 0.3) is 0 Å². The Balaban J connectivity index is 1.88. The number of hydrogen-bond donors (Lipinski definition) is 0. The van der Waals surface area contributed by atoms with Crippen molar-refractivity contribution in [2.45, 2.75) is 40.2 Å². The molecule has 2 rings (SSSR count). The van der Waals surface area contributed by atoms with Crippen molar-refractivity contribution >= 4 is 5.97 Å². The van der Waals surface area contributed by atoms with Crippen LogP contribution < -0.4 is 0 Å². The van der Waals surface area contributed by atoms with E-state index in [4.69, 9.17) is 4.74 Å². The van der Waals surface area contributed by atoms with Crippen LogP contribution in [-0.4, -0.2) is 30.6 Å². The van der Waals surface area contributed by atoms with Gasteiger partial charge in [0.1, 0.15) is 0 Å². The first-order valence-corrected chi connectivity index (χ1v) is 8.03. The van der Waals surface area contributed by atoms with Crippen LogP contribution in [0.1, 0.15) is 49.5 Å². The number of likely N-dealkylation sites (tertiary alicyclic amines) is 1. The van der Waals surface area contributed by atoms with Gasteiger partial charge < -0.3 is 4.74 Å². The first-order valence-electron chi connectivity index (χ1n) is 8.03. The number of carbonyl (C=O) groups excluding carboxylic acids is 1. The van der Waals surface area contributed by atoms with Crippen LogP contribution in [0, 0.1) is 11.8 Å². The van der Waals surface area contributed by atoms with Crippen LogP contribution in [0.5, 0.6) is 0 Å². The summed E-state index contributed by atoms with van der Waals surface area (Å²) in [5.74, 6) is 0.945. The van der Waals surface area contributed by atoms with Crippen LogP contribution in [0.3, 0.4) is 0 Å². The van der Waals surface area contributed by atoms with Gasteiger partial charge in [-0.05, 0) is 48.9 Å². The molecule has 3 heteroatoms. The lowest BCUT2D eigenvalue weighted by Crippen LogP contribution is -2.33. The van der Waals surface area contributed by atoms with Crippen LogP contribution in [0.4, 0.5) is 0 Å². The van der Waals surface area contributed by atoms with Crippen LogP contribution in [-0.2, 0) is 11.3 Å². The topological polar surface area (TPSA) is 29.5 Å². The highest BCUT2D eigenvalue weighted by Crippen LogP contribution is 2.18. The van der Waals surface area contributed by atoms with E-state index >= 15 is 0 Å². The molecule has 1 fully saturated rings. The molecule has 1 aliphatic rings. The number of piperidine rings is 1. The van der Waals surface area contributed by atoms with E-state index in [1.807, 2.05) is 38.1 Å². The summed E-state index contributed by atoms with van der Waals surface area (Å²) >= 11 is 0. The molecule has 1 saturated heterocycles. The Hall–Kier alpha value is -1.35. The molecular weight excluding hydrogens is 262 g/mol. The molecule has 1 heterocycles. The van der Waals surface area contributed by atoms with Crippen LogP contribution in [0.2, 0.25) is 0 Å². The quantitative estimate of drug-likeness (QED) is 0.774. The maximum absolute atomic E-state index is 11.9. The number of ether oxygens (including phenoxy) is 1. The third kappa shape index (κ3) is 5.16. The number of nitrogens with zero attached hydrogens (tertiary/aromatic N) is 1. The highest BCUT2D eigenvalue weighted by atomic mass is 16.5. The fraction of sp³-hybridized carbons (Fsp3) is 0.611. The SMILES string of the molecule is CC(C)COC(=O)c1ccc(CN2CCCC(C)C2)cc1. The number of benzene rings is 1. The molecular formula is C18H27NO2. The third-order valence-electron chi connectivity index (χ3n) is 3.88. The van der Waals surface area contributed by atoms with E-state index in [9.17, 15) is 4.79 Å².